The van der Waals surface area contributed by atoms with Gasteiger partial charge >= 0.3 is 0 Å². The molecule has 3 rings (SSSR count). The van der Waals surface area contributed by atoms with Crippen LogP contribution < -0.4 is 16.0 Å². The Morgan fingerprint density at radius 3 is 2.50 bits per heavy atom. The average Bonchev–Trinajstić information content (AvgIpc) is 2.70. The molecule has 0 amide bonds. The lowest BCUT2D eigenvalue weighted by atomic mass is 10.1. The molecule has 148 valence electrons. The average molecular weight is 382 g/mol. The van der Waals surface area contributed by atoms with Gasteiger partial charge in [-0.2, -0.15) is 0 Å². The van der Waals surface area contributed by atoms with Crippen LogP contribution in [-0.2, 0) is 9.47 Å². The molecule has 0 bridgehead atoms. The highest BCUT2D eigenvalue weighted by Gasteiger charge is 2.16. The fourth-order valence-electron chi connectivity index (χ4n) is 2.96. The normalized spacial score (nSPS) is 11.0. The second kappa shape index (κ2) is 9.29. The van der Waals surface area contributed by atoms with Gasteiger partial charge in [0.25, 0.3) is 0 Å². The number of anilines is 4. The van der Waals surface area contributed by atoms with Crippen LogP contribution in [0.15, 0.2) is 36.7 Å². The summed E-state index contributed by atoms with van der Waals surface area (Å²) in [5.74, 6) is 1.21. The van der Waals surface area contributed by atoms with E-state index in [0.29, 0.717) is 43.6 Å². The third-order valence-electron chi connectivity index (χ3n) is 4.42. The summed E-state index contributed by atoms with van der Waals surface area (Å²) in [7, 11) is 3.34. The maximum Gasteiger partial charge on any atom is 0.159 e. The second-order valence-corrected chi connectivity index (χ2v) is 6.38. The van der Waals surface area contributed by atoms with Crippen molar-refractivity contribution in [1.82, 2.24) is 15.0 Å². The topological polar surface area (TPSA) is 98.4 Å². The fourth-order valence-corrected chi connectivity index (χ4v) is 2.96. The van der Waals surface area contributed by atoms with E-state index in [1.807, 2.05) is 42.2 Å². The summed E-state index contributed by atoms with van der Waals surface area (Å²) in [6.07, 6.45) is 1.51. The zero-order valence-corrected chi connectivity index (χ0v) is 16.5. The number of nitrogens with one attached hydrogen (secondary N) is 1. The van der Waals surface area contributed by atoms with E-state index in [1.165, 1.54) is 6.33 Å². The number of fused-ring (bicyclic) bond motifs is 1. The van der Waals surface area contributed by atoms with Crippen molar-refractivity contribution in [3.63, 3.8) is 0 Å². The number of nitrogens with zero attached hydrogens (tertiary/aromatic N) is 4. The van der Waals surface area contributed by atoms with Crippen molar-refractivity contribution in [2.45, 2.75) is 6.92 Å². The van der Waals surface area contributed by atoms with E-state index in [1.54, 1.807) is 14.2 Å². The Balaban J connectivity index is 1.92. The van der Waals surface area contributed by atoms with Crippen LogP contribution >= 0.6 is 0 Å². The molecule has 0 unspecified atom stereocenters. The maximum absolute atomic E-state index is 6.42. The first kappa shape index (κ1) is 19.8. The van der Waals surface area contributed by atoms with Crippen molar-refractivity contribution in [2.75, 3.05) is 56.5 Å². The van der Waals surface area contributed by atoms with Crippen molar-refractivity contribution < 1.29 is 9.47 Å². The Labute approximate surface area is 164 Å². The van der Waals surface area contributed by atoms with E-state index in [0.717, 1.165) is 22.3 Å². The smallest absolute Gasteiger partial charge is 0.159 e. The molecule has 0 aliphatic carbocycles. The number of benzene rings is 1. The van der Waals surface area contributed by atoms with Gasteiger partial charge in [0.15, 0.2) is 11.6 Å². The molecule has 0 radical (unpaired) electrons. The minimum atomic E-state index is 0.479. The number of aromatic nitrogens is 3. The largest absolute Gasteiger partial charge is 0.393 e. The van der Waals surface area contributed by atoms with Gasteiger partial charge in [-0.25, -0.2) is 9.97 Å². The quantitative estimate of drug-likeness (QED) is 0.583. The number of nitrogens with two attached hydrogens (primary N) is 1. The number of methoxy groups -OCH3 is 2. The van der Waals surface area contributed by atoms with Crippen LogP contribution in [0.25, 0.3) is 10.9 Å². The predicted molar refractivity (Wildman–Crippen MR) is 112 cm³/mol. The highest BCUT2D eigenvalue weighted by Crippen LogP contribution is 2.31. The van der Waals surface area contributed by atoms with Crippen molar-refractivity contribution in [2.24, 2.45) is 0 Å². The Morgan fingerprint density at radius 2 is 1.79 bits per heavy atom. The lowest BCUT2D eigenvalue weighted by Gasteiger charge is -2.25. The standard InChI is InChI=1S/C20H26N6O2/c1-14-7-8-15-16(24-14)5-4-6-17(15)25-19-18(21)20(23-13-22-19)26(9-11-27-2)10-12-28-3/h4-8,13H,9-12,21H2,1-3H3,(H,22,23,25). The zero-order chi connectivity index (χ0) is 19.9. The Kier molecular flexibility index (Phi) is 6.57. The monoisotopic (exact) mass is 382 g/mol. The number of hydrogen-bond acceptors (Lipinski definition) is 8. The molecule has 2 heterocycles. The van der Waals surface area contributed by atoms with Crippen LogP contribution in [0.2, 0.25) is 0 Å². The molecular weight excluding hydrogens is 356 g/mol. The van der Waals surface area contributed by atoms with E-state index < -0.39 is 0 Å². The minimum Gasteiger partial charge on any atom is -0.393 e. The summed E-state index contributed by atoms with van der Waals surface area (Å²) in [5, 5.41) is 4.34. The summed E-state index contributed by atoms with van der Waals surface area (Å²) in [6.45, 7) is 4.40. The van der Waals surface area contributed by atoms with Crippen LogP contribution in [0.4, 0.5) is 23.0 Å². The molecule has 3 aromatic rings. The molecule has 8 heteroatoms. The third kappa shape index (κ3) is 4.47. The molecule has 0 saturated carbocycles. The van der Waals surface area contributed by atoms with Gasteiger partial charge in [0.2, 0.25) is 0 Å². The van der Waals surface area contributed by atoms with E-state index >= 15 is 0 Å². The number of hydrogen-bond donors (Lipinski definition) is 2. The summed E-state index contributed by atoms with van der Waals surface area (Å²) in [4.78, 5) is 15.3. The number of pyridine rings is 1. The lowest BCUT2D eigenvalue weighted by Crippen LogP contribution is -2.32. The van der Waals surface area contributed by atoms with Crippen LogP contribution in [0.3, 0.4) is 0 Å². The molecule has 0 aliphatic heterocycles. The van der Waals surface area contributed by atoms with E-state index in [4.69, 9.17) is 15.2 Å². The van der Waals surface area contributed by atoms with Gasteiger partial charge in [0, 0.05) is 44.1 Å². The van der Waals surface area contributed by atoms with Gasteiger partial charge in [0.1, 0.15) is 12.0 Å². The first-order valence-electron chi connectivity index (χ1n) is 9.10. The molecule has 0 fully saturated rings. The van der Waals surface area contributed by atoms with E-state index in [2.05, 4.69) is 20.3 Å². The first-order chi connectivity index (χ1) is 13.6. The molecule has 8 nitrogen and oxygen atoms in total. The Morgan fingerprint density at radius 1 is 1.04 bits per heavy atom. The van der Waals surface area contributed by atoms with Crippen molar-refractivity contribution >= 4 is 33.9 Å². The van der Waals surface area contributed by atoms with Gasteiger partial charge in [0.05, 0.1) is 18.7 Å². The Hall–Kier alpha value is -2.97. The highest BCUT2D eigenvalue weighted by molar-refractivity contribution is 5.94. The van der Waals surface area contributed by atoms with Crippen molar-refractivity contribution in [1.29, 1.82) is 0 Å². The molecule has 0 spiro atoms. The molecule has 0 aliphatic rings. The van der Waals surface area contributed by atoms with E-state index in [9.17, 15) is 0 Å². The fraction of sp³-hybridized carbons (Fsp3) is 0.350. The van der Waals surface area contributed by atoms with Gasteiger partial charge < -0.3 is 25.4 Å². The summed E-state index contributed by atoms with van der Waals surface area (Å²) in [6, 6.07) is 9.95. The first-order valence-corrected chi connectivity index (χ1v) is 9.10. The van der Waals surface area contributed by atoms with Crippen molar-refractivity contribution in [3.8, 4) is 0 Å². The molecular formula is C20H26N6O2. The molecule has 3 N–H and O–H groups in total. The zero-order valence-electron chi connectivity index (χ0n) is 16.5. The lowest BCUT2D eigenvalue weighted by molar-refractivity contribution is 0.190. The predicted octanol–water partition coefficient (Wildman–Crippen LogP) is 2.76. The number of ether oxygens (including phenoxy) is 2. The Bertz CT molecular complexity index is 926. The molecule has 1 aromatic carbocycles. The number of nitrogen functional groups attached to an aromatic ring is 1. The van der Waals surface area contributed by atoms with E-state index in [-0.39, 0.29) is 0 Å². The maximum atomic E-state index is 6.42. The summed E-state index contributed by atoms with van der Waals surface area (Å²) < 4.78 is 10.4. The van der Waals surface area contributed by atoms with Crippen molar-refractivity contribution in [3.05, 3.63) is 42.4 Å². The molecule has 28 heavy (non-hydrogen) atoms. The summed E-state index contributed by atoms with van der Waals surface area (Å²) in [5.41, 5.74) is 9.68. The number of aryl methyl sites for hydroxylation is 1. The molecule has 0 saturated heterocycles. The van der Waals surface area contributed by atoms with Gasteiger partial charge in [-0.3, -0.25) is 4.98 Å². The van der Waals surface area contributed by atoms with Gasteiger partial charge in [-0.05, 0) is 31.2 Å². The minimum absolute atomic E-state index is 0.479. The highest BCUT2D eigenvalue weighted by atomic mass is 16.5. The van der Waals surface area contributed by atoms with Crippen LogP contribution in [0.1, 0.15) is 5.69 Å². The van der Waals surface area contributed by atoms with Crippen LogP contribution in [0, 0.1) is 6.92 Å². The van der Waals surface area contributed by atoms with Crippen LogP contribution in [0.5, 0.6) is 0 Å². The second-order valence-electron chi connectivity index (χ2n) is 6.38. The van der Waals surface area contributed by atoms with Gasteiger partial charge in [-0.1, -0.05) is 6.07 Å². The number of rotatable bonds is 9. The third-order valence-corrected chi connectivity index (χ3v) is 4.42. The van der Waals surface area contributed by atoms with Crippen LogP contribution in [-0.4, -0.2) is 55.5 Å². The summed E-state index contributed by atoms with van der Waals surface area (Å²) >= 11 is 0. The SMILES string of the molecule is COCCN(CCOC)c1ncnc(Nc2cccc3nc(C)ccc23)c1N. The van der Waals surface area contributed by atoms with Gasteiger partial charge in [-0.15, -0.1) is 0 Å². The molecule has 0 atom stereocenters. The molecule has 2 aromatic heterocycles.